The molecular weight excluding hydrogens is 265 g/mol. The van der Waals surface area contributed by atoms with E-state index >= 15 is 0 Å². The second kappa shape index (κ2) is 6.67. The van der Waals surface area contributed by atoms with Crippen molar-refractivity contribution in [3.8, 4) is 0 Å². The van der Waals surface area contributed by atoms with Crippen molar-refractivity contribution in [1.29, 1.82) is 0 Å². The lowest BCUT2D eigenvalue weighted by atomic mass is 10.2. The van der Waals surface area contributed by atoms with Crippen LogP contribution in [0.15, 0.2) is 11.0 Å². The third kappa shape index (κ3) is 4.32. The van der Waals surface area contributed by atoms with Gasteiger partial charge in [0.2, 0.25) is 0 Å². The molecule has 0 unspecified atom stereocenters. The number of nitrogens with zero attached hydrogens (tertiary/aromatic N) is 2. The van der Waals surface area contributed by atoms with E-state index in [1.165, 1.54) is 7.11 Å². The molecular formula is C11H15F3N2O3. The first kappa shape index (κ1) is 15.6. The summed E-state index contributed by atoms with van der Waals surface area (Å²) >= 11 is 0. The zero-order valence-corrected chi connectivity index (χ0v) is 10.7. The Hall–Kier alpha value is -1.41. The lowest BCUT2D eigenvalue weighted by Gasteiger charge is -2.13. The van der Waals surface area contributed by atoms with E-state index in [9.17, 15) is 18.0 Å². The summed E-state index contributed by atoms with van der Waals surface area (Å²) in [6, 6.07) is 0. The van der Waals surface area contributed by atoms with E-state index in [0.29, 0.717) is 6.61 Å². The Morgan fingerprint density at radius 3 is 2.58 bits per heavy atom. The van der Waals surface area contributed by atoms with Crippen LogP contribution in [-0.4, -0.2) is 29.9 Å². The molecule has 1 aromatic rings. The number of hydrogen-bond donors (Lipinski definition) is 0. The van der Waals surface area contributed by atoms with Gasteiger partial charge in [-0.1, -0.05) is 6.92 Å². The summed E-state index contributed by atoms with van der Waals surface area (Å²) in [5.41, 5.74) is -2.16. The first-order valence-electron chi connectivity index (χ1n) is 5.64. The summed E-state index contributed by atoms with van der Waals surface area (Å²) < 4.78 is 48.8. The van der Waals surface area contributed by atoms with Gasteiger partial charge in [-0.25, -0.2) is 4.79 Å². The standard InChI is InChI=1S/C11H15F3N2O3/c1-3-8-6-16(7-19-5-4-18-2)10(17)15-9(8)11(12,13)14/h6H,3-5,7H2,1-2H3. The van der Waals surface area contributed by atoms with Crippen LogP contribution in [-0.2, 0) is 28.8 Å². The highest BCUT2D eigenvalue weighted by Gasteiger charge is 2.35. The second-order valence-corrected chi connectivity index (χ2v) is 3.75. The normalized spacial score (nSPS) is 11.8. The second-order valence-electron chi connectivity index (χ2n) is 3.75. The predicted octanol–water partition coefficient (Wildman–Crippen LogP) is 1.44. The number of aryl methyl sites for hydroxylation is 1. The smallest absolute Gasteiger partial charge is 0.382 e. The van der Waals surface area contributed by atoms with Crippen LogP contribution in [0.2, 0.25) is 0 Å². The molecule has 0 spiro atoms. The van der Waals surface area contributed by atoms with Gasteiger partial charge in [0.1, 0.15) is 6.73 Å². The molecule has 5 nitrogen and oxygen atoms in total. The molecule has 0 bridgehead atoms. The summed E-state index contributed by atoms with van der Waals surface area (Å²) in [5.74, 6) is 0. The fraction of sp³-hybridized carbons (Fsp3) is 0.636. The number of alkyl halides is 3. The van der Waals surface area contributed by atoms with Gasteiger partial charge in [-0.3, -0.25) is 4.57 Å². The van der Waals surface area contributed by atoms with Gasteiger partial charge in [-0.2, -0.15) is 18.2 Å². The van der Waals surface area contributed by atoms with Crippen molar-refractivity contribution in [3.05, 3.63) is 27.9 Å². The minimum absolute atomic E-state index is 0.0394. The van der Waals surface area contributed by atoms with Crippen molar-refractivity contribution in [2.45, 2.75) is 26.3 Å². The summed E-state index contributed by atoms with van der Waals surface area (Å²) in [6.07, 6.45) is -3.37. The Morgan fingerprint density at radius 2 is 2.05 bits per heavy atom. The zero-order chi connectivity index (χ0) is 14.5. The van der Waals surface area contributed by atoms with Gasteiger partial charge in [-0.15, -0.1) is 0 Å². The van der Waals surface area contributed by atoms with Crippen molar-refractivity contribution in [3.63, 3.8) is 0 Å². The Morgan fingerprint density at radius 1 is 1.37 bits per heavy atom. The first-order valence-corrected chi connectivity index (χ1v) is 5.64. The van der Waals surface area contributed by atoms with Crippen LogP contribution in [0, 0.1) is 0 Å². The van der Waals surface area contributed by atoms with Crippen LogP contribution >= 0.6 is 0 Å². The number of methoxy groups -OCH3 is 1. The van der Waals surface area contributed by atoms with Crippen LogP contribution < -0.4 is 5.69 Å². The topological polar surface area (TPSA) is 53.4 Å². The van der Waals surface area contributed by atoms with E-state index in [1.807, 2.05) is 0 Å². The van der Waals surface area contributed by atoms with Crippen LogP contribution in [0.5, 0.6) is 0 Å². The van der Waals surface area contributed by atoms with Gasteiger partial charge in [0.15, 0.2) is 5.69 Å². The molecule has 19 heavy (non-hydrogen) atoms. The number of aromatic nitrogens is 2. The first-order chi connectivity index (χ1) is 8.90. The predicted molar refractivity (Wildman–Crippen MR) is 60.7 cm³/mol. The molecule has 0 amide bonds. The van der Waals surface area contributed by atoms with Crippen molar-refractivity contribution in [2.24, 2.45) is 0 Å². The Labute approximate surface area is 108 Å². The van der Waals surface area contributed by atoms with Crippen molar-refractivity contribution in [2.75, 3.05) is 20.3 Å². The SMILES string of the molecule is CCc1cn(COCCOC)c(=O)nc1C(F)(F)F. The molecule has 8 heteroatoms. The molecule has 0 atom stereocenters. The maximum absolute atomic E-state index is 12.6. The zero-order valence-electron chi connectivity index (χ0n) is 10.7. The van der Waals surface area contributed by atoms with Crippen molar-refractivity contribution in [1.82, 2.24) is 9.55 Å². The van der Waals surface area contributed by atoms with Gasteiger partial charge in [0, 0.05) is 13.3 Å². The largest absolute Gasteiger partial charge is 0.433 e. The third-order valence-corrected chi connectivity index (χ3v) is 2.38. The van der Waals surface area contributed by atoms with E-state index in [-0.39, 0.29) is 25.3 Å². The summed E-state index contributed by atoms with van der Waals surface area (Å²) in [6.45, 7) is 1.99. The highest BCUT2D eigenvalue weighted by atomic mass is 19.4. The molecule has 0 aliphatic heterocycles. The molecule has 1 rings (SSSR count). The molecule has 0 radical (unpaired) electrons. The average molecular weight is 280 g/mol. The molecule has 0 N–H and O–H groups in total. The summed E-state index contributed by atoms with van der Waals surface area (Å²) in [5, 5.41) is 0. The van der Waals surface area contributed by atoms with E-state index < -0.39 is 17.6 Å². The molecule has 1 aromatic heterocycles. The molecule has 1 heterocycles. The van der Waals surface area contributed by atoms with Crippen LogP contribution in [0.25, 0.3) is 0 Å². The van der Waals surface area contributed by atoms with Crippen molar-refractivity contribution >= 4 is 0 Å². The maximum atomic E-state index is 12.6. The van der Waals surface area contributed by atoms with Gasteiger partial charge >= 0.3 is 11.9 Å². The number of halogens is 3. The summed E-state index contributed by atoms with van der Waals surface area (Å²) in [4.78, 5) is 14.5. The highest BCUT2D eigenvalue weighted by Crippen LogP contribution is 2.29. The number of rotatable bonds is 6. The molecule has 0 aliphatic carbocycles. The minimum atomic E-state index is -4.62. The Bertz CT molecular complexity index is 471. The monoisotopic (exact) mass is 280 g/mol. The maximum Gasteiger partial charge on any atom is 0.433 e. The van der Waals surface area contributed by atoms with Crippen LogP contribution in [0.1, 0.15) is 18.2 Å². The lowest BCUT2D eigenvalue weighted by molar-refractivity contribution is -0.142. The molecule has 0 aromatic carbocycles. The average Bonchev–Trinajstić information content (AvgIpc) is 2.34. The van der Waals surface area contributed by atoms with Crippen LogP contribution in [0.3, 0.4) is 0 Å². The van der Waals surface area contributed by atoms with Crippen LogP contribution in [0.4, 0.5) is 13.2 Å². The third-order valence-electron chi connectivity index (χ3n) is 2.38. The van der Waals surface area contributed by atoms with E-state index in [0.717, 1.165) is 10.8 Å². The van der Waals surface area contributed by atoms with Gasteiger partial charge < -0.3 is 9.47 Å². The van der Waals surface area contributed by atoms with E-state index in [1.54, 1.807) is 6.92 Å². The van der Waals surface area contributed by atoms with Gasteiger partial charge in [0.25, 0.3) is 0 Å². The molecule has 108 valence electrons. The Kier molecular flexibility index (Phi) is 5.49. The quantitative estimate of drug-likeness (QED) is 0.740. The molecule has 0 aliphatic rings. The molecule has 0 fully saturated rings. The fourth-order valence-corrected chi connectivity index (χ4v) is 1.44. The van der Waals surface area contributed by atoms with E-state index in [4.69, 9.17) is 9.47 Å². The molecule has 0 saturated carbocycles. The van der Waals surface area contributed by atoms with Gasteiger partial charge in [-0.05, 0) is 12.0 Å². The highest BCUT2D eigenvalue weighted by molar-refractivity contribution is 5.19. The van der Waals surface area contributed by atoms with Gasteiger partial charge in [0.05, 0.1) is 13.2 Å². The van der Waals surface area contributed by atoms with E-state index in [2.05, 4.69) is 4.98 Å². The number of ether oxygens (including phenoxy) is 2. The Balaban J connectivity index is 2.94. The number of hydrogen-bond acceptors (Lipinski definition) is 4. The summed E-state index contributed by atoms with van der Waals surface area (Å²) in [7, 11) is 1.49. The minimum Gasteiger partial charge on any atom is -0.382 e. The van der Waals surface area contributed by atoms with Crippen molar-refractivity contribution < 1.29 is 22.6 Å². The fourth-order valence-electron chi connectivity index (χ4n) is 1.44. The lowest BCUT2D eigenvalue weighted by Crippen LogP contribution is -2.29. The molecule has 0 saturated heterocycles.